The molecule has 1 aliphatic rings. The van der Waals surface area contributed by atoms with E-state index in [0.29, 0.717) is 18.2 Å². The zero-order chi connectivity index (χ0) is 44.8. The third-order valence-electron chi connectivity index (χ3n) is 12.2. The molecule has 1 aliphatic heterocycles. The van der Waals surface area contributed by atoms with E-state index in [-0.39, 0.29) is 61.0 Å². The van der Waals surface area contributed by atoms with Gasteiger partial charge in [0.1, 0.15) is 5.82 Å². The smallest absolute Gasteiger partial charge is 0.135 e. The maximum Gasteiger partial charge on any atom is 0.135 e. The first-order chi connectivity index (χ1) is 28.0. The number of aromatic nitrogens is 2. The van der Waals surface area contributed by atoms with Gasteiger partial charge in [0.15, 0.2) is 0 Å². The number of allylic oxidation sites excluding steroid dienone is 1. The van der Waals surface area contributed by atoms with Crippen molar-refractivity contribution in [3.63, 3.8) is 0 Å². The normalized spacial score (nSPS) is 14.2. The van der Waals surface area contributed by atoms with Crippen molar-refractivity contribution in [3.8, 4) is 17.3 Å². The van der Waals surface area contributed by atoms with Crippen molar-refractivity contribution >= 4 is 33.2 Å². The van der Waals surface area contributed by atoms with Gasteiger partial charge in [-0.1, -0.05) is 154 Å². The fourth-order valence-corrected chi connectivity index (χ4v) is 8.07. The fraction of sp³-hybridized carbons (Fsp3) is 0.439. The first kappa shape index (κ1) is 49.7. The van der Waals surface area contributed by atoms with Crippen LogP contribution in [0.25, 0.3) is 27.6 Å². The maximum atomic E-state index is 6.87. The number of rotatable bonds is 5. The van der Waals surface area contributed by atoms with Crippen LogP contribution < -0.4 is 14.5 Å². The van der Waals surface area contributed by atoms with Gasteiger partial charge in [-0.2, -0.15) is 6.07 Å². The molecule has 0 unspecified atom stereocenters. The number of benzene rings is 4. The van der Waals surface area contributed by atoms with Crippen LogP contribution in [0.4, 0.5) is 11.4 Å². The van der Waals surface area contributed by atoms with Crippen molar-refractivity contribution in [1.29, 1.82) is 0 Å². The van der Waals surface area contributed by atoms with Crippen LogP contribution in [0, 0.1) is 25.0 Å². The van der Waals surface area contributed by atoms with E-state index in [1.165, 1.54) is 44.6 Å². The molecule has 0 aliphatic carbocycles. The molecule has 7 rings (SSSR count). The Morgan fingerprint density at radius 1 is 0.524 bits per heavy atom. The monoisotopic (exact) mass is 1020 g/mol. The molecule has 4 aromatic carbocycles. The molecule has 0 radical (unpaired) electrons. The van der Waals surface area contributed by atoms with Gasteiger partial charge in [0, 0.05) is 67.3 Å². The zero-order valence-corrected chi connectivity index (χ0v) is 44.1. The predicted molar refractivity (Wildman–Crippen MR) is 266 cm³/mol. The molecule has 0 N–H and O–H groups in total. The van der Waals surface area contributed by atoms with E-state index < -0.39 is 0 Å². The van der Waals surface area contributed by atoms with Crippen molar-refractivity contribution in [2.24, 2.45) is 5.41 Å². The van der Waals surface area contributed by atoms with Gasteiger partial charge in [-0.25, -0.2) is 4.98 Å². The summed E-state index contributed by atoms with van der Waals surface area (Å²) in [5, 5.41) is 2.28. The van der Waals surface area contributed by atoms with Crippen LogP contribution in [-0.4, -0.2) is 16.2 Å². The van der Waals surface area contributed by atoms with E-state index in [2.05, 4.69) is 224 Å². The van der Waals surface area contributed by atoms with Gasteiger partial charge in [0.2, 0.25) is 0 Å². The Morgan fingerprint density at radius 3 is 1.62 bits per heavy atom. The molecule has 3 heterocycles. The number of fused-ring (bicyclic) bond motifs is 3. The Kier molecular flexibility index (Phi) is 13.3. The molecule has 340 valence electrons. The first-order valence-electron chi connectivity index (χ1n) is 22.1. The second-order valence-corrected chi connectivity index (χ2v) is 23.6. The molecule has 2 aromatic heterocycles. The molecule has 63 heavy (non-hydrogen) atoms. The van der Waals surface area contributed by atoms with Gasteiger partial charge < -0.3 is 26.5 Å². The number of hydrogen-bond donors (Lipinski definition) is 0. The van der Waals surface area contributed by atoms with E-state index >= 15 is 0 Å². The second-order valence-electron chi connectivity index (χ2n) is 23.6. The molecular formula is C57H73N4OPt-3. The van der Waals surface area contributed by atoms with Gasteiger partial charge in [0.25, 0.3) is 0 Å². The van der Waals surface area contributed by atoms with E-state index in [1.54, 1.807) is 0 Å². The van der Waals surface area contributed by atoms with Crippen molar-refractivity contribution in [2.45, 2.75) is 152 Å². The first-order valence-corrected chi connectivity index (χ1v) is 22.1. The van der Waals surface area contributed by atoms with E-state index in [0.717, 1.165) is 27.9 Å². The van der Waals surface area contributed by atoms with Gasteiger partial charge in [-0.05, 0) is 85.0 Å². The summed E-state index contributed by atoms with van der Waals surface area (Å²) in [7, 11) is 0. The maximum absolute atomic E-state index is 6.87. The Balaban J connectivity index is 0.00000374. The third kappa shape index (κ3) is 10.3. The quantitative estimate of drug-likeness (QED) is 0.161. The summed E-state index contributed by atoms with van der Waals surface area (Å²) in [6.45, 7) is 41.8. The number of ether oxygens (including phenoxy) is 1. The third-order valence-corrected chi connectivity index (χ3v) is 12.2. The number of nitrogens with zero attached hydrogens (tertiary/aromatic N) is 4. The predicted octanol–water partition coefficient (Wildman–Crippen LogP) is 15.7. The largest absolute Gasteiger partial charge is 0.509 e. The van der Waals surface area contributed by atoms with E-state index in [9.17, 15) is 0 Å². The van der Waals surface area contributed by atoms with Crippen LogP contribution in [0.3, 0.4) is 0 Å². The Bertz CT molecular complexity index is 2630. The van der Waals surface area contributed by atoms with Gasteiger partial charge >= 0.3 is 0 Å². The molecule has 0 saturated carbocycles. The summed E-state index contributed by atoms with van der Waals surface area (Å²) >= 11 is 0. The van der Waals surface area contributed by atoms with Crippen LogP contribution >= 0.6 is 0 Å². The molecule has 6 aromatic rings. The zero-order valence-electron chi connectivity index (χ0n) is 41.8. The Labute approximate surface area is 395 Å². The van der Waals surface area contributed by atoms with Crippen LogP contribution in [0.2, 0.25) is 0 Å². The van der Waals surface area contributed by atoms with Gasteiger partial charge in [-0.15, -0.1) is 41.3 Å². The molecule has 6 heteroatoms. The van der Waals surface area contributed by atoms with Crippen molar-refractivity contribution in [2.75, 3.05) is 16.5 Å². The summed E-state index contributed by atoms with van der Waals surface area (Å²) in [6.07, 6.45) is 4.25. The SMILES string of the molecule is CC(C)(C)C1=CN(c2[c-]c(Oc3[c-]c4c(cc3)c3ccc(C(C)(C)C)cc3n4-c3cc(C(C)(C)C)ccn3)cc(C(C)(C)C)c2)CN1c1cc(C(C)(C)C)cc(C(C)(C)C)c1.[CH3-].[Pt]. The second kappa shape index (κ2) is 16.9. The van der Waals surface area contributed by atoms with Gasteiger partial charge in [0.05, 0.1) is 6.67 Å². The molecule has 0 fully saturated rings. The molecule has 5 nitrogen and oxygen atoms in total. The minimum Gasteiger partial charge on any atom is -0.509 e. The molecule has 0 spiro atoms. The topological polar surface area (TPSA) is 33.5 Å². The standard InChI is InChI=1S/C56H70N4O.CH3.Pt/c1-51(2,3)36-19-21-45-46-22-20-43(33-48(46)60(47(45)30-36)50-31-37(23-24-57-50)52(4,5)6)61-44-29-40(55(13,14)15)26-41(32-44)58-34-49(56(16,17)18)59(35-58)42-27-38(53(7,8)9)25-39(28-42)54(10,11)12;;/h19-31,34H,35H2,1-18H3;1H3;/q-2;-1;. The summed E-state index contributed by atoms with van der Waals surface area (Å²) in [5.74, 6) is 2.17. The van der Waals surface area contributed by atoms with Crippen LogP contribution in [0.15, 0.2) is 90.9 Å². The minimum atomic E-state index is -0.130. The summed E-state index contributed by atoms with van der Waals surface area (Å²) in [4.78, 5) is 9.80. The van der Waals surface area contributed by atoms with Gasteiger partial charge in [-0.3, -0.25) is 0 Å². The average molecular weight is 1030 g/mol. The summed E-state index contributed by atoms with van der Waals surface area (Å²) in [5.41, 5.74) is 11.6. The van der Waals surface area contributed by atoms with Crippen LogP contribution in [-0.2, 0) is 48.1 Å². The number of anilines is 2. The molecule has 0 saturated heterocycles. The molecule has 0 amide bonds. The van der Waals surface area contributed by atoms with E-state index in [1.807, 2.05) is 12.3 Å². The minimum absolute atomic E-state index is 0. The van der Waals surface area contributed by atoms with Crippen LogP contribution in [0.1, 0.15) is 152 Å². The average Bonchev–Trinajstić information content (AvgIpc) is 3.73. The van der Waals surface area contributed by atoms with Crippen LogP contribution in [0.5, 0.6) is 11.5 Å². The Hall–Kier alpha value is -4.34. The Morgan fingerprint density at radius 2 is 1.06 bits per heavy atom. The molecule has 0 bridgehead atoms. The molecular weight excluding hydrogens is 952 g/mol. The number of hydrogen-bond acceptors (Lipinski definition) is 4. The summed E-state index contributed by atoms with van der Waals surface area (Å²) < 4.78 is 9.14. The molecule has 0 atom stereocenters. The summed E-state index contributed by atoms with van der Waals surface area (Å²) in [6, 6.07) is 34.5. The van der Waals surface area contributed by atoms with Crippen molar-refractivity contribution < 1.29 is 25.8 Å². The van der Waals surface area contributed by atoms with Crippen molar-refractivity contribution in [1.82, 2.24) is 9.55 Å². The van der Waals surface area contributed by atoms with Crippen molar-refractivity contribution in [3.05, 3.63) is 138 Å². The number of pyridine rings is 1. The fourth-order valence-electron chi connectivity index (χ4n) is 8.07. The van der Waals surface area contributed by atoms with E-state index in [4.69, 9.17) is 9.72 Å².